The highest BCUT2D eigenvalue weighted by Crippen LogP contribution is 2.46. The van der Waals surface area contributed by atoms with E-state index in [9.17, 15) is 4.57 Å². The second-order valence-electron chi connectivity index (χ2n) is 10.0. The van der Waals surface area contributed by atoms with Crippen LogP contribution in [0.3, 0.4) is 0 Å². The molecule has 0 aliphatic carbocycles. The number of benzene rings is 2. The predicted octanol–water partition coefficient (Wildman–Crippen LogP) is 3.84. The number of nitrogens with zero attached hydrogens (tertiary/aromatic N) is 2. The third-order valence-electron chi connectivity index (χ3n) is 7.35. The summed E-state index contributed by atoms with van der Waals surface area (Å²) in [6, 6.07) is 17.1. The smallest absolute Gasteiger partial charge is 0.171 e. The molecule has 2 aromatic rings. The van der Waals surface area contributed by atoms with E-state index < -0.39 is 5.16 Å². The Morgan fingerprint density at radius 3 is 1.40 bits per heavy atom. The van der Waals surface area contributed by atoms with Gasteiger partial charge in [0.15, 0.2) is 8.46 Å². The molecule has 0 amide bonds. The van der Waals surface area contributed by atoms with Gasteiger partial charge in [-0.15, -0.1) is 0 Å². The van der Waals surface area contributed by atoms with Crippen LogP contribution < -0.4 is 9.80 Å². The molecule has 8 heteroatoms. The van der Waals surface area contributed by atoms with Crippen LogP contribution in [0.5, 0.6) is 0 Å². The largest absolute Gasteiger partial charge is 0.371 e. The van der Waals surface area contributed by atoms with Gasteiger partial charge in [-0.1, -0.05) is 31.2 Å². The van der Waals surface area contributed by atoms with E-state index in [2.05, 4.69) is 65.3 Å². The zero-order chi connectivity index (χ0) is 23.8. The Kier molecular flexibility index (Phi) is 6.54. The molecule has 7 nitrogen and oxygen atoms in total. The van der Waals surface area contributed by atoms with Crippen molar-refractivity contribution in [3.63, 3.8) is 0 Å². The van der Waals surface area contributed by atoms with Gasteiger partial charge in [0.05, 0.1) is 50.8 Å². The minimum Gasteiger partial charge on any atom is -0.371 e. The molecule has 0 radical (unpaired) electrons. The molecule has 0 saturated carbocycles. The van der Waals surface area contributed by atoms with Crippen molar-refractivity contribution in [1.82, 2.24) is 0 Å². The summed E-state index contributed by atoms with van der Waals surface area (Å²) in [5, 5.41) is -0.623. The van der Waals surface area contributed by atoms with Crippen molar-refractivity contribution in [3.05, 3.63) is 59.7 Å². The average molecular weight is 497 g/mol. The molecule has 4 heterocycles. The molecule has 0 spiro atoms. The van der Waals surface area contributed by atoms with Gasteiger partial charge in [0.25, 0.3) is 0 Å². The van der Waals surface area contributed by atoms with E-state index in [1.807, 2.05) is 0 Å². The van der Waals surface area contributed by atoms with Gasteiger partial charge in [0.2, 0.25) is 0 Å². The first-order valence-electron chi connectivity index (χ1n) is 12.7. The maximum absolute atomic E-state index is 13.0. The molecular formula is C27H33N2O5P. The van der Waals surface area contributed by atoms with E-state index in [4.69, 9.17) is 18.9 Å². The quantitative estimate of drug-likeness (QED) is 0.291. The fourth-order valence-electron chi connectivity index (χ4n) is 4.91. The molecule has 4 aliphatic heterocycles. The lowest BCUT2D eigenvalue weighted by atomic mass is 9.87. The molecule has 4 atom stereocenters. The number of hydrogen-bond acceptors (Lipinski definition) is 7. The van der Waals surface area contributed by atoms with E-state index in [0.29, 0.717) is 24.4 Å². The molecule has 4 saturated heterocycles. The molecule has 0 N–H and O–H groups in total. The summed E-state index contributed by atoms with van der Waals surface area (Å²) >= 11 is 0. The Balaban J connectivity index is 1.31. The van der Waals surface area contributed by atoms with Crippen molar-refractivity contribution < 1.29 is 23.5 Å². The van der Waals surface area contributed by atoms with Crippen LogP contribution in [0.1, 0.15) is 24.5 Å². The van der Waals surface area contributed by atoms with E-state index in [0.717, 1.165) is 81.5 Å². The third kappa shape index (κ3) is 5.55. The maximum atomic E-state index is 13.0. The summed E-state index contributed by atoms with van der Waals surface area (Å²) < 4.78 is 35.0. The van der Waals surface area contributed by atoms with Crippen LogP contribution in [0.15, 0.2) is 48.5 Å². The van der Waals surface area contributed by atoms with Crippen LogP contribution in [0.25, 0.3) is 0 Å². The van der Waals surface area contributed by atoms with Crippen LogP contribution in [0.2, 0.25) is 0 Å². The predicted molar refractivity (Wildman–Crippen MR) is 135 cm³/mol. The summed E-state index contributed by atoms with van der Waals surface area (Å²) in [6.45, 7) is 8.82. The van der Waals surface area contributed by atoms with Crippen LogP contribution >= 0.6 is 8.46 Å². The number of epoxide rings is 4. The SMILES string of the molecule is CCC(P=O)(c1cccc(N(CC2CO2)CC2CO2)c1)c1cccc(N(CC2CO2)CC2CO2)c1. The van der Waals surface area contributed by atoms with Crippen LogP contribution in [0, 0.1) is 0 Å². The van der Waals surface area contributed by atoms with Gasteiger partial charge >= 0.3 is 0 Å². The molecule has 6 rings (SSSR count). The number of anilines is 2. The number of hydrogen-bond donors (Lipinski definition) is 0. The second kappa shape index (κ2) is 9.79. The van der Waals surface area contributed by atoms with Crippen molar-refractivity contribution in [3.8, 4) is 0 Å². The third-order valence-corrected chi connectivity index (χ3v) is 8.50. The summed E-state index contributed by atoms with van der Waals surface area (Å²) in [5.74, 6) is 0. The van der Waals surface area contributed by atoms with Crippen LogP contribution in [-0.4, -0.2) is 77.0 Å². The zero-order valence-corrected chi connectivity index (χ0v) is 21.1. The van der Waals surface area contributed by atoms with Crippen LogP contribution in [-0.2, 0) is 28.7 Å². The van der Waals surface area contributed by atoms with Crippen molar-refractivity contribution in [2.24, 2.45) is 0 Å². The molecular weight excluding hydrogens is 463 g/mol. The Labute approximate surface area is 208 Å². The second-order valence-corrected chi connectivity index (χ2v) is 11.0. The Morgan fingerprint density at radius 2 is 1.11 bits per heavy atom. The highest BCUT2D eigenvalue weighted by molar-refractivity contribution is 7.26. The van der Waals surface area contributed by atoms with Crippen molar-refractivity contribution in [2.75, 3.05) is 62.4 Å². The minimum absolute atomic E-state index is 0.0925. The molecule has 186 valence electrons. The zero-order valence-electron chi connectivity index (χ0n) is 20.2. The summed E-state index contributed by atoms with van der Waals surface area (Å²) in [6.07, 6.45) is 1.89. The Hall–Kier alpha value is -2.02. The fraction of sp³-hybridized carbons (Fsp3) is 0.556. The molecule has 4 unspecified atom stereocenters. The van der Waals surface area contributed by atoms with Crippen LogP contribution in [0.4, 0.5) is 11.4 Å². The van der Waals surface area contributed by atoms with Gasteiger partial charge < -0.3 is 28.7 Å². The molecule has 4 fully saturated rings. The van der Waals surface area contributed by atoms with Gasteiger partial charge in [0, 0.05) is 37.6 Å². The fourth-order valence-corrected chi connectivity index (χ4v) is 5.53. The lowest BCUT2D eigenvalue weighted by molar-refractivity contribution is 0.388. The summed E-state index contributed by atoms with van der Waals surface area (Å²) in [7, 11) is 0.0925. The van der Waals surface area contributed by atoms with E-state index in [1.54, 1.807) is 0 Å². The van der Waals surface area contributed by atoms with Gasteiger partial charge in [-0.25, -0.2) is 0 Å². The number of rotatable bonds is 14. The standard InChI is InChI=1S/C27H33N2O5P/c1-2-27(35-30,19-5-3-7-21(9-19)28(11-23-15-31-23)12-24-16-32-24)20-6-4-8-22(10-20)29(13-25-17-33-25)14-26-18-34-26/h3-10,23-26H,2,11-18H2,1H3. The molecule has 35 heavy (non-hydrogen) atoms. The Bertz CT molecular complexity index is 948. The first-order chi connectivity index (χ1) is 17.2. The van der Waals surface area contributed by atoms with Gasteiger partial charge in [-0.2, -0.15) is 0 Å². The lowest BCUT2D eigenvalue weighted by Gasteiger charge is -2.31. The van der Waals surface area contributed by atoms with E-state index in [-0.39, 0.29) is 8.46 Å². The highest BCUT2D eigenvalue weighted by atomic mass is 31.1. The molecule has 0 aromatic heterocycles. The minimum atomic E-state index is -0.623. The summed E-state index contributed by atoms with van der Waals surface area (Å²) in [4.78, 5) is 4.70. The van der Waals surface area contributed by atoms with E-state index >= 15 is 0 Å². The lowest BCUT2D eigenvalue weighted by Crippen LogP contribution is -2.32. The van der Waals surface area contributed by atoms with Crippen molar-refractivity contribution >= 4 is 19.8 Å². The van der Waals surface area contributed by atoms with Gasteiger partial charge in [0.1, 0.15) is 5.16 Å². The average Bonchev–Trinajstić information content (AvgIpc) is 3.71. The van der Waals surface area contributed by atoms with Gasteiger partial charge in [-0.05, 0) is 41.8 Å². The van der Waals surface area contributed by atoms with Crippen molar-refractivity contribution in [1.29, 1.82) is 0 Å². The maximum Gasteiger partial charge on any atom is 0.171 e. The molecule has 2 aromatic carbocycles. The van der Waals surface area contributed by atoms with E-state index in [1.165, 1.54) is 0 Å². The Morgan fingerprint density at radius 1 is 0.743 bits per heavy atom. The molecule has 4 aliphatic rings. The highest BCUT2D eigenvalue weighted by Gasteiger charge is 2.37. The number of ether oxygens (including phenoxy) is 4. The summed E-state index contributed by atoms with van der Waals surface area (Å²) in [5.41, 5.74) is 4.38. The van der Waals surface area contributed by atoms with Crippen molar-refractivity contribution in [2.45, 2.75) is 42.9 Å². The normalized spacial score (nSPS) is 27.8. The first kappa shape index (κ1) is 23.4. The van der Waals surface area contributed by atoms with Gasteiger partial charge in [-0.3, -0.25) is 4.57 Å². The monoisotopic (exact) mass is 496 g/mol. The first-order valence-corrected chi connectivity index (χ1v) is 13.5. The molecule has 0 bridgehead atoms. The topological polar surface area (TPSA) is 73.7 Å².